The molecule has 1 aromatic rings. The maximum absolute atomic E-state index is 12.3. The van der Waals surface area contributed by atoms with Crippen molar-refractivity contribution in [2.75, 3.05) is 0 Å². The number of pyridine rings is 1. The number of carbonyl (C=O) groups excluding carboxylic acids is 1. The average molecular weight is 297 g/mol. The number of halogens is 1. The minimum atomic E-state index is -0.217. The van der Waals surface area contributed by atoms with Crippen LogP contribution >= 0.6 is 11.6 Å². The van der Waals surface area contributed by atoms with E-state index in [-0.39, 0.29) is 24.0 Å². The van der Waals surface area contributed by atoms with Crippen molar-refractivity contribution in [3.05, 3.63) is 28.5 Å². The molecule has 4 nitrogen and oxygen atoms in total. The van der Waals surface area contributed by atoms with Gasteiger partial charge in [0.25, 0.3) is 5.91 Å². The number of rotatable bonds is 3. The van der Waals surface area contributed by atoms with Crippen LogP contribution in [-0.2, 0) is 0 Å². The highest BCUT2D eigenvalue weighted by Gasteiger charge is 2.21. The lowest BCUT2D eigenvalue weighted by molar-refractivity contribution is 0.0867. The van der Waals surface area contributed by atoms with Gasteiger partial charge in [-0.05, 0) is 43.7 Å². The summed E-state index contributed by atoms with van der Waals surface area (Å²) in [7, 11) is 0. The second-order valence-electron chi connectivity index (χ2n) is 5.74. The lowest BCUT2D eigenvalue weighted by Gasteiger charge is -2.26. The Morgan fingerprint density at radius 1 is 1.35 bits per heavy atom. The van der Waals surface area contributed by atoms with Crippen molar-refractivity contribution >= 4 is 17.5 Å². The van der Waals surface area contributed by atoms with Crippen LogP contribution in [0.4, 0.5) is 0 Å². The Hall–Kier alpha value is -1.13. The fourth-order valence-corrected chi connectivity index (χ4v) is 2.65. The van der Waals surface area contributed by atoms with Crippen molar-refractivity contribution in [3.63, 3.8) is 0 Å². The molecule has 0 unspecified atom stereocenters. The van der Waals surface area contributed by atoms with Crippen molar-refractivity contribution in [2.45, 2.75) is 57.6 Å². The third-order valence-electron chi connectivity index (χ3n) is 3.70. The number of hydrogen-bond donors (Lipinski definition) is 2. The van der Waals surface area contributed by atoms with Crippen LogP contribution in [-0.4, -0.2) is 28.1 Å². The molecule has 0 aliphatic heterocycles. The number of nitrogens with one attached hydrogen (secondary N) is 1. The molecule has 0 saturated heterocycles. The number of carbonyl (C=O) groups is 1. The molecule has 1 amide bonds. The molecule has 5 heteroatoms. The van der Waals surface area contributed by atoms with Crippen LogP contribution in [0.2, 0.25) is 5.15 Å². The fraction of sp³-hybridized carbons (Fsp3) is 0.600. The van der Waals surface area contributed by atoms with Crippen LogP contribution in [0.1, 0.15) is 61.5 Å². The predicted molar refractivity (Wildman–Crippen MR) is 79.1 cm³/mol. The van der Waals surface area contributed by atoms with Crippen molar-refractivity contribution in [1.82, 2.24) is 10.3 Å². The highest BCUT2D eigenvalue weighted by atomic mass is 35.5. The van der Waals surface area contributed by atoms with Crippen molar-refractivity contribution in [2.24, 2.45) is 0 Å². The van der Waals surface area contributed by atoms with E-state index < -0.39 is 0 Å². The molecule has 2 rings (SSSR count). The van der Waals surface area contributed by atoms with Crippen LogP contribution in [0, 0.1) is 0 Å². The van der Waals surface area contributed by atoms with Gasteiger partial charge in [-0.15, -0.1) is 0 Å². The molecule has 20 heavy (non-hydrogen) atoms. The molecule has 1 saturated carbocycles. The molecule has 1 heterocycles. The molecule has 0 radical (unpaired) electrons. The van der Waals surface area contributed by atoms with E-state index in [0.29, 0.717) is 10.7 Å². The molecule has 0 bridgehead atoms. The molecule has 1 fully saturated rings. The maximum Gasteiger partial charge on any atom is 0.251 e. The van der Waals surface area contributed by atoms with Crippen LogP contribution < -0.4 is 5.32 Å². The second kappa shape index (κ2) is 6.55. The van der Waals surface area contributed by atoms with Gasteiger partial charge in [0, 0.05) is 17.3 Å². The number of amides is 1. The number of aromatic nitrogens is 1. The van der Waals surface area contributed by atoms with Crippen molar-refractivity contribution in [1.29, 1.82) is 0 Å². The molecular weight excluding hydrogens is 276 g/mol. The Balaban J connectivity index is 2.05. The Kier molecular flexibility index (Phi) is 5.00. The minimum Gasteiger partial charge on any atom is -0.393 e. The molecule has 1 aliphatic rings. The van der Waals surface area contributed by atoms with Gasteiger partial charge < -0.3 is 10.4 Å². The lowest BCUT2D eigenvalue weighted by atomic mass is 9.93. The summed E-state index contributed by atoms with van der Waals surface area (Å²) in [6, 6.07) is 3.53. The molecule has 110 valence electrons. The first-order chi connectivity index (χ1) is 9.45. The number of aliphatic hydroxyl groups is 1. The molecular formula is C15H21ClN2O2. The fourth-order valence-electron chi connectivity index (χ4n) is 2.43. The first-order valence-corrected chi connectivity index (χ1v) is 7.50. The summed E-state index contributed by atoms with van der Waals surface area (Å²) in [6.45, 7) is 4.03. The summed E-state index contributed by atoms with van der Waals surface area (Å²) >= 11 is 5.98. The van der Waals surface area contributed by atoms with E-state index in [1.165, 1.54) is 0 Å². The molecule has 2 N–H and O–H groups in total. The highest BCUT2D eigenvalue weighted by Crippen LogP contribution is 2.20. The van der Waals surface area contributed by atoms with Gasteiger partial charge in [0.1, 0.15) is 5.15 Å². The van der Waals surface area contributed by atoms with Crippen molar-refractivity contribution < 1.29 is 9.90 Å². The molecule has 0 aromatic carbocycles. The van der Waals surface area contributed by atoms with Gasteiger partial charge in [-0.1, -0.05) is 25.4 Å². The van der Waals surface area contributed by atoms with Gasteiger partial charge >= 0.3 is 0 Å². The Labute approximate surface area is 124 Å². The molecule has 1 aliphatic carbocycles. The first kappa shape index (κ1) is 15.3. The van der Waals surface area contributed by atoms with E-state index in [0.717, 1.165) is 31.4 Å². The van der Waals surface area contributed by atoms with Gasteiger partial charge in [0.05, 0.1) is 6.10 Å². The second-order valence-corrected chi connectivity index (χ2v) is 6.12. The quantitative estimate of drug-likeness (QED) is 0.843. The van der Waals surface area contributed by atoms with Crippen LogP contribution in [0.25, 0.3) is 0 Å². The summed E-state index contributed by atoms with van der Waals surface area (Å²) in [5.41, 5.74) is 1.38. The number of nitrogens with zero attached hydrogens (tertiary/aromatic N) is 1. The van der Waals surface area contributed by atoms with E-state index in [1.54, 1.807) is 12.1 Å². The van der Waals surface area contributed by atoms with E-state index in [9.17, 15) is 9.90 Å². The Morgan fingerprint density at radius 3 is 2.60 bits per heavy atom. The topological polar surface area (TPSA) is 62.2 Å². The molecule has 1 aromatic heterocycles. The Morgan fingerprint density at radius 2 is 2.00 bits per heavy atom. The minimum absolute atomic E-state index is 0.113. The summed E-state index contributed by atoms with van der Waals surface area (Å²) < 4.78 is 0. The predicted octanol–water partition coefficient (Wildman–Crippen LogP) is 2.89. The lowest BCUT2D eigenvalue weighted by Crippen LogP contribution is -2.38. The zero-order valence-corrected chi connectivity index (χ0v) is 12.7. The SMILES string of the molecule is CC(C)c1cc(C(=O)NC2CCC(O)CC2)cc(Cl)n1. The van der Waals surface area contributed by atoms with Crippen LogP contribution in [0.15, 0.2) is 12.1 Å². The zero-order chi connectivity index (χ0) is 14.7. The number of aliphatic hydroxyl groups excluding tert-OH is 1. The van der Waals surface area contributed by atoms with Gasteiger partial charge in [0.2, 0.25) is 0 Å². The molecule has 0 atom stereocenters. The highest BCUT2D eigenvalue weighted by molar-refractivity contribution is 6.29. The third-order valence-corrected chi connectivity index (χ3v) is 3.89. The largest absolute Gasteiger partial charge is 0.393 e. The van der Waals surface area contributed by atoms with E-state index in [4.69, 9.17) is 11.6 Å². The van der Waals surface area contributed by atoms with Gasteiger partial charge in [-0.3, -0.25) is 4.79 Å². The normalized spacial score (nSPS) is 22.9. The monoisotopic (exact) mass is 296 g/mol. The van der Waals surface area contributed by atoms with E-state index in [2.05, 4.69) is 10.3 Å². The zero-order valence-electron chi connectivity index (χ0n) is 11.9. The van der Waals surface area contributed by atoms with Crippen LogP contribution in [0.3, 0.4) is 0 Å². The number of hydrogen-bond acceptors (Lipinski definition) is 3. The summed E-state index contributed by atoms with van der Waals surface area (Å²) in [5.74, 6) is 0.114. The first-order valence-electron chi connectivity index (χ1n) is 7.12. The standard InChI is InChI=1S/C15H21ClN2O2/c1-9(2)13-7-10(8-14(16)18-13)15(20)17-11-3-5-12(19)6-4-11/h7-9,11-12,19H,3-6H2,1-2H3,(H,17,20). The third kappa shape index (κ3) is 3.93. The van der Waals surface area contributed by atoms with Crippen molar-refractivity contribution in [3.8, 4) is 0 Å². The smallest absolute Gasteiger partial charge is 0.251 e. The van der Waals surface area contributed by atoms with Crippen LogP contribution in [0.5, 0.6) is 0 Å². The molecule has 0 spiro atoms. The van der Waals surface area contributed by atoms with Gasteiger partial charge in [-0.2, -0.15) is 0 Å². The maximum atomic E-state index is 12.3. The summed E-state index contributed by atoms with van der Waals surface area (Å²) in [4.78, 5) is 16.5. The van der Waals surface area contributed by atoms with Gasteiger partial charge in [0.15, 0.2) is 0 Å². The average Bonchev–Trinajstić information content (AvgIpc) is 2.40. The van der Waals surface area contributed by atoms with E-state index >= 15 is 0 Å². The summed E-state index contributed by atoms with van der Waals surface area (Å²) in [5, 5.41) is 12.8. The van der Waals surface area contributed by atoms with E-state index in [1.807, 2.05) is 13.8 Å². The summed E-state index contributed by atoms with van der Waals surface area (Å²) in [6.07, 6.45) is 2.93. The van der Waals surface area contributed by atoms with Gasteiger partial charge in [-0.25, -0.2) is 4.98 Å². The Bertz CT molecular complexity index is 483.